The first-order valence-corrected chi connectivity index (χ1v) is 10.3. The third-order valence-corrected chi connectivity index (χ3v) is 6.04. The van der Waals surface area contributed by atoms with Gasteiger partial charge in [0.1, 0.15) is 4.90 Å². The molecule has 6 nitrogen and oxygen atoms in total. The Morgan fingerprint density at radius 2 is 1.80 bits per heavy atom. The molecule has 2 rings (SSSR count). The number of halogens is 2. The first-order chi connectivity index (χ1) is 11.8. The lowest BCUT2D eigenvalue weighted by atomic mass is 10.2. The molecule has 0 heterocycles. The lowest BCUT2D eigenvalue weighted by molar-refractivity contribution is 0.0937. The molecular weight excluding hydrogens is 476 g/mol. The summed E-state index contributed by atoms with van der Waals surface area (Å²) in [6, 6.07) is 11.1. The molecule has 0 bridgehead atoms. The van der Waals surface area contributed by atoms with Crippen molar-refractivity contribution in [3.63, 3.8) is 0 Å². The van der Waals surface area contributed by atoms with Crippen LogP contribution in [0.4, 0.5) is 5.69 Å². The van der Waals surface area contributed by atoms with Crippen LogP contribution < -0.4 is 10.0 Å². The van der Waals surface area contributed by atoms with Gasteiger partial charge in [0.15, 0.2) is 0 Å². The van der Waals surface area contributed by atoms with Gasteiger partial charge in [-0.05, 0) is 58.4 Å². The summed E-state index contributed by atoms with van der Waals surface area (Å²) in [6.07, 6.45) is 0. The summed E-state index contributed by atoms with van der Waals surface area (Å²) >= 11 is 6.50. The number of benzene rings is 2. The molecule has 0 unspecified atom stereocenters. The number of anilines is 1. The molecule has 0 aliphatic heterocycles. The molecule has 2 N–H and O–H groups in total. The smallest absolute Gasteiger partial charge is 0.263 e. The van der Waals surface area contributed by atoms with Gasteiger partial charge in [-0.2, -0.15) is 0 Å². The van der Waals surface area contributed by atoms with Crippen LogP contribution in [-0.4, -0.2) is 34.6 Å². The Bertz CT molecular complexity index is 855. The monoisotopic (exact) mass is 490 g/mol. The molecule has 2 aromatic rings. The molecule has 2 aromatic carbocycles. The van der Waals surface area contributed by atoms with Crippen LogP contribution in [0.2, 0.25) is 0 Å². The van der Waals surface area contributed by atoms with Crippen molar-refractivity contribution in [3.05, 3.63) is 57.0 Å². The Morgan fingerprint density at radius 3 is 2.44 bits per heavy atom. The van der Waals surface area contributed by atoms with Crippen LogP contribution in [0.1, 0.15) is 10.4 Å². The number of sulfonamides is 1. The number of carbonyl (C=O) groups excluding carboxylic acids is 1. The molecule has 9 heteroatoms. The SMILES string of the molecule is COCCNC(=O)c1ccc(NS(=O)(=O)c2cc(Br)ccc2Br)cc1. The van der Waals surface area contributed by atoms with E-state index in [1.54, 1.807) is 31.4 Å². The highest BCUT2D eigenvalue weighted by Crippen LogP contribution is 2.27. The molecule has 134 valence electrons. The Labute approximate surface area is 163 Å². The normalized spacial score (nSPS) is 11.2. The highest BCUT2D eigenvalue weighted by molar-refractivity contribution is 9.11. The summed E-state index contributed by atoms with van der Waals surface area (Å²) in [4.78, 5) is 12.0. The molecule has 0 aliphatic rings. The second kappa shape index (κ2) is 8.79. The minimum absolute atomic E-state index is 0.114. The van der Waals surface area contributed by atoms with E-state index in [-0.39, 0.29) is 10.8 Å². The lowest BCUT2D eigenvalue weighted by Gasteiger charge is -2.11. The van der Waals surface area contributed by atoms with Crippen molar-refractivity contribution >= 4 is 53.5 Å². The highest BCUT2D eigenvalue weighted by atomic mass is 79.9. The fraction of sp³-hybridized carbons (Fsp3) is 0.188. The van der Waals surface area contributed by atoms with Crippen molar-refractivity contribution in [3.8, 4) is 0 Å². The fourth-order valence-corrected chi connectivity index (χ4v) is 4.51. The first kappa shape index (κ1) is 19.9. The van der Waals surface area contributed by atoms with E-state index in [1.807, 2.05) is 0 Å². The van der Waals surface area contributed by atoms with Crippen LogP contribution in [0, 0.1) is 0 Å². The Balaban J connectivity index is 2.12. The van der Waals surface area contributed by atoms with E-state index < -0.39 is 10.0 Å². The van der Waals surface area contributed by atoms with Crippen molar-refractivity contribution in [2.24, 2.45) is 0 Å². The zero-order valence-electron chi connectivity index (χ0n) is 13.3. The number of nitrogens with one attached hydrogen (secondary N) is 2. The van der Waals surface area contributed by atoms with E-state index in [2.05, 4.69) is 41.9 Å². The molecule has 0 radical (unpaired) electrons. The Kier molecular flexibility index (Phi) is 7.00. The molecule has 0 fully saturated rings. The predicted octanol–water partition coefficient (Wildman–Crippen LogP) is 3.39. The van der Waals surface area contributed by atoms with Gasteiger partial charge in [-0.1, -0.05) is 15.9 Å². The topological polar surface area (TPSA) is 84.5 Å². The van der Waals surface area contributed by atoms with Gasteiger partial charge in [-0.15, -0.1) is 0 Å². The molecule has 0 aromatic heterocycles. The predicted molar refractivity (Wildman–Crippen MR) is 103 cm³/mol. The van der Waals surface area contributed by atoms with Gasteiger partial charge in [-0.25, -0.2) is 8.42 Å². The van der Waals surface area contributed by atoms with Gasteiger partial charge >= 0.3 is 0 Å². The van der Waals surface area contributed by atoms with Gasteiger partial charge in [-0.3, -0.25) is 9.52 Å². The van der Waals surface area contributed by atoms with Gasteiger partial charge in [0.25, 0.3) is 15.9 Å². The van der Waals surface area contributed by atoms with E-state index in [1.165, 1.54) is 18.2 Å². The standard InChI is InChI=1S/C16H16Br2N2O4S/c1-24-9-8-19-16(21)11-2-5-13(6-3-11)20-25(22,23)15-10-12(17)4-7-14(15)18/h2-7,10,20H,8-9H2,1H3,(H,19,21). The maximum atomic E-state index is 12.5. The molecule has 0 saturated carbocycles. The third kappa shape index (κ3) is 5.53. The molecule has 0 saturated heterocycles. The second-order valence-electron chi connectivity index (χ2n) is 5.01. The Hall–Kier alpha value is -1.42. The highest BCUT2D eigenvalue weighted by Gasteiger charge is 2.18. The average molecular weight is 492 g/mol. The lowest BCUT2D eigenvalue weighted by Crippen LogP contribution is -2.26. The number of hydrogen-bond acceptors (Lipinski definition) is 4. The summed E-state index contributed by atoms with van der Waals surface area (Å²) in [7, 11) is -2.21. The quantitative estimate of drug-likeness (QED) is 0.581. The molecule has 0 spiro atoms. The number of hydrogen-bond donors (Lipinski definition) is 2. The number of amides is 1. The maximum Gasteiger partial charge on any atom is 0.263 e. The second-order valence-corrected chi connectivity index (χ2v) is 8.43. The van der Waals surface area contributed by atoms with E-state index in [0.29, 0.717) is 33.3 Å². The maximum absolute atomic E-state index is 12.5. The van der Waals surface area contributed by atoms with Crippen molar-refractivity contribution in [1.29, 1.82) is 0 Å². The van der Waals surface area contributed by atoms with Crippen LogP contribution in [0.3, 0.4) is 0 Å². The van der Waals surface area contributed by atoms with E-state index in [4.69, 9.17) is 4.74 Å². The summed E-state index contributed by atoms with van der Waals surface area (Å²) in [5, 5.41) is 2.69. The molecule has 25 heavy (non-hydrogen) atoms. The number of ether oxygens (including phenoxy) is 1. The number of methoxy groups -OCH3 is 1. The van der Waals surface area contributed by atoms with Crippen molar-refractivity contribution < 1.29 is 17.9 Å². The van der Waals surface area contributed by atoms with Gasteiger partial charge in [0.2, 0.25) is 0 Å². The molecule has 0 aliphatic carbocycles. The zero-order valence-corrected chi connectivity index (χ0v) is 17.2. The van der Waals surface area contributed by atoms with Crippen molar-refractivity contribution in [1.82, 2.24) is 5.32 Å². The van der Waals surface area contributed by atoms with Crippen LogP contribution in [0.25, 0.3) is 0 Å². The van der Waals surface area contributed by atoms with Crippen LogP contribution >= 0.6 is 31.9 Å². The first-order valence-electron chi connectivity index (χ1n) is 7.18. The van der Waals surface area contributed by atoms with E-state index in [9.17, 15) is 13.2 Å². The van der Waals surface area contributed by atoms with Crippen LogP contribution in [0.15, 0.2) is 56.3 Å². The Morgan fingerprint density at radius 1 is 1.12 bits per heavy atom. The van der Waals surface area contributed by atoms with Gasteiger partial charge in [0.05, 0.1) is 6.61 Å². The summed E-state index contributed by atoms with van der Waals surface area (Å²) in [6.45, 7) is 0.825. The number of carbonyl (C=O) groups is 1. The minimum Gasteiger partial charge on any atom is -0.383 e. The van der Waals surface area contributed by atoms with Gasteiger partial charge < -0.3 is 10.1 Å². The fourth-order valence-electron chi connectivity index (χ4n) is 1.95. The summed E-state index contributed by atoms with van der Waals surface area (Å²) in [5.74, 6) is -0.249. The van der Waals surface area contributed by atoms with Crippen LogP contribution in [-0.2, 0) is 14.8 Å². The minimum atomic E-state index is -3.76. The average Bonchev–Trinajstić information content (AvgIpc) is 2.57. The molecule has 1 amide bonds. The van der Waals surface area contributed by atoms with Crippen molar-refractivity contribution in [2.45, 2.75) is 4.90 Å². The largest absolute Gasteiger partial charge is 0.383 e. The van der Waals surface area contributed by atoms with E-state index >= 15 is 0 Å². The summed E-state index contributed by atoms with van der Waals surface area (Å²) < 4.78 is 33.5. The third-order valence-electron chi connectivity index (χ3n) is 3.17. The van der Waals surface area contributed by atoms with Crippen molar-refractivity contribution in [2.75, 3.05) is 25.0 Å². The zero-order chi connectivity index (χ0) is 18.4. The van der Waals surface area contributed by atoms with E-state index in [0.717, 1.165) is 0 Å². The number of rotatable bonds is 7. The van der Waals surface area contributed by atoms with Crippen LogP contribution in [0.5, 0.6) is 0 Å². The van der Waals surface area contributed by atoms with Gasteiger partial charge in [0, 0.05) is 33.9 Å². The molecule has 0 atom stereocenters. The molecular formula is C16H16Br2N2O4S. The summed E-state index contributed by atoms with van der Waals surface area (Å²) in [5.41, 5.74) is 0.794.